The molecule has 0 bridgehead atoms. The highest BCUT2D eigenvalue weighted by Gasteiger charge is 2.48. The molecule has 0 aromatic carbocycles. The van der Waals surface area contributed by atoms with Gasteiger partial charge < -0.3 is 4.74 Å². The van der Waals surface area contributed by atoms with Crippen LogP contribution < -0.4 is 0 Å². The molecule has 1 aliphatic carbocycles. The van der Waals surface area contributed by atoms with Gasteiger partial charge in [-0.05, 0) is 47.8 Å². The third kappa shape index (κ3) is 3.08. The molecular formula is C15H18BrNO3. The normalized spacial score (nSPS) is 22.6. The van der Waals surface area contributed by atoms with E-state index in [4.69, 9.17) is 4.74 Å². The average Bonchev–Trinajstić information content (AvgIpc) is 2.44. The molecule has 1 aromatic heterocycles. The molecule has 5 heteroatoms. The Morgan fingerprint density at radius 1 is 1.45 bits per heavy atom. The maximum absolute atomic E-state index is 12.4. The van der Waals surface area contributed by atoms with Crippen molar-refractivity contribution in [1.29, 1.82) is 0 Å². The van der Waals surface area contributed by atoms with Crippen LogP contribution in [0.2, 0.25) is 0 Å². The summed E-state index contributed by atoms with van der Waals surface area (Å²) in [5.41, 5.74) is -0.286. The third-order valence-electron chi connectivity index (χ3n) is 3.73. The fourth-order valence-electron chi connectivity index (χ4n) is 2.66. The van der Waals surface area contributed by atoms with Crippen molar-refractivity contribution in [2.75, 3.05) is 6.61 Å². The highest BCUT2D eigenvalue weighted by Crippen LogP contribution is 2.37. The first-order valence-corrected chi connectivity index (χ1v) is 7.69. The lowest BCUT2D eigenvalue weighted by molar-refractivity contribution is -0.162. The quantitative estimate of drug-likeness (QED) is 0.624. The molecule has 1 atom stereocenters. The van der Waals surface area contributed by atoms with Gasteiger partial charge in [0.1, 0.15) is 5.41 Å². The van der Waals surface area contributed by atoms with Crippen LogP contribution in [0, 0.1) is 5.41 Å². The van der Waals surface area contributed by atoms with Crippen molar-refractivity contribution >= 4 is 27.7 Å². The van der Waals surface area contributed by atoms with E-state index in [0.29, 0.717) is 25.9 Å². The topological polar surface area (TPSA) is 56.3 Å². The largest absolute Gasteiger partial charge is 0.465 e. The Morgan fingerprint density at radius 3 is 2.85 bits per heavy atom. The fraction of sp³-hybridized carbons (Fsp3) is 0.533. The molecule has 0 saturated heterocycles. The number of halogens is 1. The molecule has 1 heterocycles. The van der Waals surface area contributed by atoms with E-state index in [1.54, 1.807) is 13.1 Å². The molecule has 108 valence electrons. The SMILES string of the molecule is CCOC(=O)C1(Cc2ccc(Br)cn2)CCCCC1=O. The maximum Gasteiger partial charge on any atom is 0.320 e. The van der Waals surface area contributed by atoms with Gasteiger partial charge in [-0.1, -0.05) is 6.42 Å². The van der Waals surface area contributed by atoms with E-state index in [-0.39, 0.29) is 5.78 Å². The van der Waals surface area contributed by atoms with E-state index in [9.17, 15) is 9.59 Å². The summed E-state index contributed by atoms with van der Waals surface area (Å²) in [7, 11) is 0. The van der Waals surface area contributed by atoms with E-state index in [2.05, 4.69) is 20.9 Å². The van der Waals surface area contributed by atoms with Gasteiger partial charge in [-0.2, -0.15) is 0 Å². The van der Waals surface area contributed by atoms with Gasteiger partial charge in [-0.15, -0.1) is 0 Å². The number of ether oxygens (including phenoxy) is 1. The zero-order valence-corrected chi connectivity index (χ0v) is 13.1. The lowest BCUT2D eigenvalue weighted by Crippen LogP contribution is -2.44. The molecule has 1 aromatic rings. The van der Waals surface area contributed by atoms with Crippen molar-refractivity contribution in [2.24, 2.45) is 5.41 Å². The van der Waals surface area contributed by atoms with Crippen molar-refractivity contribution in [3.8, 4) is 0 Å². The average molecular weight is 340 g/mol. The maximum atomic E-state index is 12.4. The molecule has 1 saturated carbocycles. The van der Waals surface area contributed by atoms with Crippen LogP contribution in [0.5, 0.6) is 0 Å². The van der Waals surface area contributed by atoms with Gasteiger partial charge in [-0.3, -0.25) is 14.6 Å². The van der Waals surface area contributed by atoms with Gasteiger partial charge in [0.15, 0.2) is 5.78 Å². The number of esters is 1. The van der Waals surface area contributed by atoms with E-state index in [1.165, 1.54) is 0 Å². The van der Waals surface area contributed by atoms with Crippen LogP contribution in [0.4, 0.5) is 0 Å². The second-order valence-corrected chi connectivity index (χ2v) is 5.99. The van der Waals surface area contributed by atoms with Gasteiger partial charge >= 0.3 is 5.97 Å². The standard InChI is InChI=1S/C15H18BrNO3/c1-2-20-14(19)15(8-4-3-5-13(15)18)9-12-7-6-11(16)10-17-12/h6-7,10H,2-5,8-9H2,1H3. The fourth-order valence-corrected chi connectivity index (χ4v) is 2.89. The highest BCUT2D eigenvalue weighted by atomic mass is 79.9. The number of rotatable bonds is 4. The minimum absolute atomic E-state index is 0.00748. The monoisotopic (exact) mass is 339 g/mol. The van der Waals surface area contributed by atoms with Gasteiger partial charge in [-0.25, -0.2) is 0 Å². The molecule has 1 fully saturated rings. The first-order valence-electron chi connectivity index (χ1n) is 6.89. The van der Waals surface area contributed by atoms with Crippen LogP contribution in [-0.4, -0.2) is 23.3 Å². The smallest absolute Gasteiger partial charge is 0.320 e. The van der Waals surface area contributed by atoms with Crippen molar-refractivity contribution in [1.82, 2.24) is 4.98 Å². The summed E-state index contributed by atoms with van der Waals surface area (Å²) < 4.78 is 6.03. The lowest BCUT2D eigenvalue weighted by atomic mass is 9.70. The number of Topliss-reactive ketones (excluding diaryl/α,β-unsaturated/α-hetero) is 1. The molecule has 1 aliphatic rings. The summed E-state index contributed by atoms with van der Waals surface area (Å²) in [5.74, 6) is -0.402. The summed E-state index contributed by atoms with van der Waals surface area (Å²) in [5, 5.41) is 0. The lowest BCUT2D eigenvalue weighted by Gasteiger charge is -2.33. The second kappa shape index (κ2) is 6.48. The Kier molecular flexibility index (Phi) is 4.91. The molecule has 0 aliphatic heterocycles. The molecule has 0 spiro atoms. The summed E-state index contributed by atoms with van der Waals surface area (Å²) in [6.45, 7) is 2.05. The van der Waals surface area contributed by atoms with Crippen LogP contribution in [0.25, 0.3) is 0 Å². The first kappa shape index (κ1) is 15.2. The Balaban J connectivity index is 2.28. The van der Waals surface area contributed by atoms with Crippen molar-refractivity contribution in [3.63, 3.8) is 0 Å². The molecule has 0 radical (unpaired) electrons. The predicted octanol–water partition coefficient (Wildman–Crippen LogP) is 3.08. The minimum Gasteiger partial charge on any atom is -0.465 e. The summed E-state index contributed by atoms with van der Waals surface area (Å²) >= 11 is 3.33. The molecular weight excluding hydrogens is 322 g/mol. The van der Waals surface area contributed by atoms with E-state index >= 15 is 0 Å². The highest BCUT2D eigenvalue weighted by molar-refractivity contribution is 9.10. The van der Waals surface area contributed by atoms with Crippen LogP contribution in [0.1, 0.15) is 38.3 Å². The summed E-state index contributed by atoms with van der Waals surface area (Å²) in [4.78, 5) is 29.0. The van der Waals surface area contributed by atoms with Gasteiger partial charge in [0.2, 0.25) is 0 Å². The number of aromatic nitrogens is 1. The Morgan fingerprint density at radius 2 is 2.25 bits per heavy atom. The van der Waals surface area contributed by atoms with Crippen molar-refractivity contribution in [2.45, 2.75) is 39.0 Å². The number of hydrogen-bond acceptors (Lipinski definition) is 4. The Hall–Kier alpha value is -1.23. The van der Waals surface area contributed by atoms with Crippen LogP contribution in [0.15, 0.2) is 22.8 Å². The number of pyridine rings is 1. The van der Waals surface area contributed by atoms with E-state index in [0.717, 1.165) is 23.0 Å². The van der Waals surface area contributed by atoms with Gasteiger partial charge in [0.25, 0.3) is 0 Å². The van der Waals surface area contributed by atoms with Crippen LogP contribution >= 0.6 is 15.9 Å². The molecule has 1 unspecified atom stereocenters. The summed E-state index contributed by atoms with van der Waals surface area (Å²) in [6, 6.07) is 3.71. The number of ketones is 1. The molecule has 0 amide bonds. The zero-order valence-electron chi connectivity index (χ0n) is 11.5. The minimum atomic E-state index is -1.03. The summed E-state index contributed by atoms with van der Waals surface area (Å²) in [6.07, 6.45) is 4.76. The first-order chi connectivity index (χ1) is 9.58. The molecule has 2 rings (SSSR count). The molecule has 0 N–H and O–H groups in total. The van der Waals surface area contributed by atoms with Crippen molar-refractivity contribution < 1.29 is 14.3 Å². The number of carbonyl (C=O) groups excluding carboxylic acids is 2. The Bertz CT molecular complexity index is 500. The van der Waals surface area contributed by atoms with E-state index < -0.39 is 11.4 Å². The Labute approximate surface area is 127 Å². The zero-order chi connectivity index (χ0) is 14.6. The van der Waals surface area contributed by atoms with E-state index in [1.807, 2.05) is 12.1 Å². The number of carbonyl (C=O) groups is 2. The molecule has 4 nitrogen and oxygen atoms in total. The van der Waals surface area contributed by atoms with Gasteiger partial charge in [0.05, 0.1) is 6.61 Å². The van der Waals surface area contributed by atoms with Crippen LogP contribution in [0.3, 0.4) is 0 Å². The van der Waals surface area contributed by atoms with Crippen LogP contribution in [-0.2, 0) is 20.7 Å². The van der Waals surface area contributed by atoms with Crippen molar-refractivity contribution in [3.05, 3.63) is 28.5 Å². The third-order valence-corrected chi connectivity index (χ3v) is 4.20. The molecule has 20 heavy (non-hydrogen) atoms. The predicted molar refractivity (Wildman–Crippen MR) is 78.2 cm³/mol. The number of nitrogens with zero attached hydrogens (tertiary/aromatic N) is 1. The number of hydrogen-bond donors (Lipinski definition) is 0. The van der Waals surface area contributed by atoms with Gasteiger partial charge in [0, 0.05) is 29.2 Å². The second-order valence-electron chi connectivity index (χ2n) is 5.08.